The topological polar surface area (TPSA) is 78.1 Å². The Bertz CT molecular complexity index is 683. The smallest absolute Gasteiger partial charge is 0.224 e. The van der Waals surface area contributed by atoms with E-state index in [0.717, 1.165) is 16.9 Å². The number of amides is 1. The molecule has 2 rings (SSSR count). The van der Waals surface area contributed by atoms with Gasteiger partial charge in [-0.05, 0) is 36.8 Å². The molecule has 2 aromatic rings. The minimum Gasteiger partial charge on any atom is -0.449 e. The van der Waals surface area contributed by atoms with Crippen LogP contribution in [0.4, 0.5) is 11.4 Å². The third-order valence-electron chi connectivity index (χ3n) is 3.15. The summed E-state index contributed by atoms with van der Waals surface area (Å²) < 4.78 is 5.31. The van der Waals surface area contributed by atoms with Gasteiger partial charge in [0.1, 0.15) is 11.8 Å². The second-order valence-electron chi connectivity index (χ2n) is 4.61. The van der Waals surface area contributed by atoms with E-state index in [-0.39, 0.29) is 5.91 Å². The van der Waals surface area contributed by atoms with Crippen molar-refractivity contribution in [1.82, 2.24) is 0 Å². The molecule has 5 nitrogen and oxygen atoms in total. The predicted molar refractivity (Wildman–Crippen MR) is 80.8 cm³/mol. The number of carbonyl (C=O) groups excluding carboxylic acids is 1. The van der Waals surface area contributed by atoms with Crippen molar-refractivity contribution in [2.75, 3.05) is 10.6 Å². The summed E-state index contributed by atoms with van der Waals surface area (Å²) in [5, 5.41) is 14.8. The molecular weight excluding hydrogens is 266 g/mol. The predicted octanol–water partition coefficient (Wildman–Crippen LogP) is 3.42. The molecule has 0 aliphatic heterocycles. The number of carbonyl (C=O) groups is 1. The van der Waals surface area contributed by atoms with Crippen molar-refractivity contribution < 1.29 is 9.21 Å². The first-order chi connectivity index (χ1) is 10.1. The summed E-state index contributed by atoms with van der Waals surface area (Å²) >= 11 is 0. The summed E-state index contributed by atoms with van der Waals surface area (Å²) in [7, 11) is 0. The minimum atomic E-state index is -0.0139. The molecule has 0 atom stereocenters. The van der Waals surface area contributed by atoms with Crippen molar-refractivity contribution >= 4 is 17.3 Å². The molecule has 0 bridgehead atoms. The van der Waals surface area contributed by atoms with Gasteiger partial charge in [-0.1, -0.05) is 13.0 Å². The molecule has 1 amide bonds. The Hall–Kier alpha value is -2.74. The van der Waals surface area contributed by atoms with Crippen molar-refractivity contribution in [3.8, 4) is 6.07 Å². The number of hydrogen-bond donors (Lipinski definition) is 2. The highest BCUT2D eigenvalue weighted by molar-refractivity contribution is 5.92. The molecule has 0 fully saturated rings. The Morgan fingerprint density at radius 1 is 1.29 bits per heavy atom. The molecule has 1 aromatic carbocycles. The zero-order valence-electron chi connectivity index (χ0n) is 12.1. The van der Waals surface area contributed by atoms with Crippen LogP contribution in [-0.2, 0) is 11.3 Å². The van der Waals surface area contributed by atoms with Crippen LogP contribution in [0.2, 0.25) is 0 Å². The van der Waals surface area contributed by atoms with E-state index in [9.17, 15) is 4.79 Å². The summed E-state index contributed by atoms with van der Waals surface area (Å²) in [5.41, 5.74) is 2.68. The van der Waals surface area contributed by atoms with Gasteiger partial charge in [0, 0.05) is 17.8 Å². The third kappa shape index (κ3) is 3.63. The molecule has 0 spiro atoms. The van der Waals surface area contributed by atoms with Gasteiger partial charge in [0.25, 0.3) is 0 Å². The Balaban J connectivity index is 2.08. The van der Waals surface area contributed by atoms with Crippen molar-refractivity contribution in [2.24, 2.45) is 0 Å². The summed E-state index contributed by atoms with van der Waals surface area (Å²) in [4.78, 5) is 11.5. The average Bonchev–Trinajstić information content (AvgIpc) is 2.96. The van der Waals surface area contributed by atoms with Crippen LogP contribution >= 0.6 is 0 Å². The fourth-order valence-electron chi connectivity index (χ4n) is 1.92. The highest BCUT2D eigenvalue weighted by Gasteiger charge is 2.07. The van der Waals surface area contributed by atoms with E-state index in [4.69, 9.17) is 9.68 Å². The molecule has 0 radical (unpaired) electrons. The van der Waals surface area contributed by atoms with Crippen LogP contribution in [0.15, 0.2) is 34.7 Å². The highest BCUT2D eigenvalue weighted by Crippen LogP contribution is 2.24. The average molecular weight is 283 g/mol. The first-order valence-electron chi connectivity index (χ1n) is 6.76. The Labute approximate surface area is 123 Å². The summed E-state index contributed by atoms with van der Waals surface area (Å²) in [6.45, 7) is 4.24. The van der Waals surface area contributed by atoms with Gasteiger partial charge in [-0.15, -0.1) is 0 Å². The molecule has 0 aliphatic rings. The molecule has 2 N–H and O–H groups in total. The number of rotatable bonds is 5. The fraction of sp³-hybridized carbons (Fsp3) is 0.250. The van der Waals surface area contributed by atoms with E-state index in [0.29, 0.717) is 24.5 Å². The van der Waals surface area contributed by atoms with E-state index in [1.165, 1.54) is 0 Å². The standard InChI is InChI=1S/C16H17N3O2/c1-3-16(20)19-15-6-4-5-14(11(15)2)18-10-13-8-7-12(9-17)21-13/h4-8,18H,3,10H2,1-2H3,(H,19,20). The molecule has 0 saturated carbocycles. The van der Waals surface area contributed by atoms with Gasteiger partial charge in [-0.25, -0.2) is 0 Å². The van der Waals surface area contributed by atoms with Crippen molar-refractivity contribution in [2.45, 2.75) is 26.8 Å². The Kier molecular flexibility index (Phi) is 4.62. The number of anilines is 2. The number of nitriles is 1. The van der Waals surface area contributed by atoms with Crippen LogP contribution in [0.5, 0.6) is 0 Å². The number of nitrogens with zero attached hydrogens (tertiary/aromatic N) is 1. The van der Waals surface area contributed by atoms with Crippen LogP contribution in [-0.4, -0.2) is 5.91 Å². The lowest BCUT2D eigenvalue weighted by molar-refractivity contribution is -0.115. The van der Waals surface area contributed by atoms with Gasteiger partial charge in [0.15, 0.2) is 0 Å². The lowest BCUT2D eigenvalue weighted by atomic mass is 10.1. The molecule has 0 unspecified atom stereocenters. The van der Waals surface area contributed by atoms with Crippen molar-refractivity contribution in [1.29, 1.82) is 5.26 Å². The Morgan fingerprint density at radius 2 is 2.05 bits per heavy atom. The van der Waals surface area contributed by atoms with Crippen LogP contribution in [0, 0.1) is 18.3 Å². The molecular formula is C16H17N3O2. The van der Waals surface area contributed by atoms with E-state index < -0.39 is 0 Å². The lowest BCUT2D eigenvalue weighted by Gasteiger charge is -2.13. The Morgan fingerprint density at radius 3 is 2.71 bits per heavy atom. The number of benzene rings is 1. The van der Waals surface area contributed by atoms with E-state index in [1.807, 2.05) is 38.1 Å². The van der Waals surface area contributed by atoms with Crippen LogP contribution in [0.3, 0.4) is 0 Å². The van der Waals surface area contributed by atoms with Gasteiger partial charge in [0.2, 0.25) is 11.7 Å². The largest absolute Gasteiger partial charge is 0.449 e. The normalized spacial score (nSPS) is 9.95. The van der Waals surface area contributed by atoms with E-state index in [2.05, 4.69) is 10.6 Å². The van der Waals surface area contributed by atoms with Gasteiger partial charge in [-0.2, -0.15) is 5.26 Å². The summed E-state index contributed by atoms with van der Waals surface area (Å²) in [5.74, 6) is 0.973. The summed E-state index contributed by atoms with van der Waals surface area (Å²) in [6, 6.07) is 11.0. The van der Waals surface area contributed by atoms with E-state index in [1.54, 1.807) is 12.1 Å². The van der Waals surface area contributed by atoms with E-state index >= 15 is 0 Å². The van der Waals surface area contributed by atoms with Crippen LogP contribution < -0.4 is 10.6 Å². The quantitative estimate of drug-likeness (QED) is 0.881. The molecule has 1 aromatic heterocycles. The lowest BCUT2D eigenvalue weighted by Crippen LogP contribution is -2.11. The maximum atomic E-state index is 11.5. The maximum absolute atomic E-state index is 11.5. The monoisotopic (exact) mass is 283 g/mol. The molecule has 5 heteroatoms. The summed E-state index contributed by atoms with van der Waals surface area (Å²) in [6.07, 6.45) is 0.445. The number of furan rings is 1. The van der Waals surface area contributed by atoms with Crippen molar-refractivity contribution in [3.63, 3.8) is 0 Å². The second kappa shape index (κ2) is 6.62. The molecule has 0 aliphatic carbocycles. The number of nitrogens with one attached hydrogen (secondary N) is 2. The number of hydrogen-bond acceptors (Lipinski definition) is 4. The SMILES string of the molecule is CCC(=O)Nc1cccc(NCc2ccc(C#N)o2)c1C. The van der Waals surface area contributed by atoms with Crippen LogP contribution in [0.25, 0.3) is 0 Å². The fourth-order valence-corrected chi connectivity index (χ4v) is 1.92. The van der Waals surface area contributed by atoms with Gasteiger partial charge in [0.05, 0.1) is 6.54 Å². The van der Waals surface area contributed by atoms with Gasteiger partial charge in [-0.3, -0.25) is 4.79 Å². The van der Waals surface area contributed by atoms with Gasteiger partial charge < -0.3 is 15.1 Å². The molecule has 1 heterocycles. The zero-order valence-corrected chi connectivity index (χ0v) is 12.1. The molecule has 0 saturated heterocycles. The van der Waals surface area contributed by atoms with Crippen LogP contribution in [0.1, 0.15) is 30.4 Å². The molecule has 21 heavy (non-hydrogen) atoms. The molecule has 108 valence electrons. The first kappa shape index (κ1) is 14.7. The third-order valence-corrected chi connectivity index (χ3v) is 3.15. The first-order valence-corrected chi connectivity index (χ1v) is 6.76. The maximum Gasteiger partial charge on any atom is 0.224 e. The highest BCUT2D eigenvalue weighted by atomic mass is 16.3. The second-order valence-corrected chi connectivity index (χ2v) is 4.61. The van der Waals surface area contributed by atoms with Gasteiger partial charge >= 0.3 is 0 Å². The van der Waals surface area contributed by atoms with Crippen molar-refractivity contribution in [3.05, 3.63) is 47.4 Å². The zero-order chi connectivity index (χ0) is 15.2. The minimum absolute atomic E-state index is 0.0139.